The van der Waals surface area contributed by atoms with Gasteiger partial charge in [0, 0.05) is 22.7 Å². The number of nitrogens with two attached hydrogens (primary N) is 1. The molecule has 2 heterocycles. The number of piperidine rings is 1. The van der Waals surface area contributed by atoms with Gasteiger partial charge in [0.1, 0.15) is 6.54 Å². The van der Waals surface area contributed by atoms with Crippen LogP contribution in [-0.2, 0) is 6.54 Å². The second kappa shape index (κ2) is 5.50. The highest BCUT2D eigenvalue weighted by Gasteiger charge is 2.32. The van der Waals surface area contributed by atoms with Gasteiger partial charge in [-0.15, -0.1) is 0 Å². The fraction of sp³-hybridized carbons (Fsp3) is 0.500. The van der Waals surface area contributed by atoms with Crippen LogP contribution >= 0.6 is 0 Å². The maximum Gasteiger partial charge on any atom is 0.406 e. The Morgan fingerprint density at radius 2 is 1.91 bits per heavy atom. The number of benzene rings is 1. The van der Waals surface area contributed by atoms with Gasteiger partial charge in [-0.05, 0) is 51.2 Å². The van der Waals surface area contributed by atoms with Crippen molar-refractivity contribution in [1.82, 2.24) is 9.47 Å². The summed E-state index contributed by atoms with van der Waals surface area (Å²) in [5.41, 5.74) is 7.82. The first kappa shape index (κ1) is 15.2. The minimum atomic E-state index is -4.24. The van der Waals surface area contributed by atoms with Gasteiger partial charge in [-0.1, -0.05) is 6.07 Å². The van der Waals surface area contributed by atoms with Gasteiger partial charge >= 0.3 is 6.18 Å². The van der Waals surface area contributed by atoms with E-state index in [2.05, 4.69) is 4.90 Å². The van der Waals surface area contributed by atoms with Gasteiger partial charge in [0.05, 0.1) is 5.52 Å². The van der Waals surface area contributed by atoms with E-state index in [-0.39, 0.29) is 5.92 Å². The fourth-order valence-corrected chi connectivity index (χ4v) is 3.33. The molecule has 0 amide bonds. The Balaban J connectivity index is 2.07. The van der Waals surface area contributed by atoms with Gasteiger partial charge in [0.15, 0.2) is 0 Å². The van der Waals surface area contributed by atoms with E-state index in [4.69, 9.17) is 5.73 Å². The largest absolute Gasteiger partial charge is 0.406 e. The Labute approximate surface area is 127 Å². The number of alkyl halides is 3. The summed E-state index contributed by atoms with van der Waals surface area (Å²) in [6.07, 6.45) is -2.48. The third kappa shape index (κ3) is 2.92. The van der Waals surface area contributed by atoms with Crippen molar-refractivity contribution in [3.05, 3.63) is 30.0 Å². The Bertz CT molecular complexity index is 667. The summed E-state index contributed by atoms with van der Waals surface area (Å²) in [5.74, 6) is 0.158. The zero-order chi connectivity index (χ0) is 15.9. The third-order valence-corrected chi connectivity index (χ3v) is 4.49. The number of halogens is 3. The summed E-state index contributed by atoms with van der Waals surface area (Å²) in [5, 5.41) is 0.723. The van der Waals surface area contributed by atoms with Gasteiger partial charge in [0.25, 0.3) is 0 Å². The zero-order valence-corrected chi connectivity index (χ0v) is 12.5. The minimum Gasteiger partial charge on any atom is -0.398 e. The molecule has 0 radical (unpaired) electrons. The first-order valence-electron chi connectivity index (χ1n) is 7.48. The summed E-state index contributed by atoms with van der Waals surface area (Å²) in [4.78, 5) is 2.21. The van der Waals surface area contributed by atoms with Crippen LogP contribution in [0.2, 0.25) is 0 Å². The van der Waals surface area contributed by atoms with Crippen LogP contribution < -0.4 is 5.73 Å². The van der Waals surface area contributed by atoms with Crippen LogP contribution in [0, 0.1) is 0 Å². The topological polar surface area (TPSA) is 34.2 Å². The molecule has 0 saturated carbocycles. The first-order chi connectivity index (χ1) is 10.3. The van der Waals surface area contributed by atoms with Crippen LogP contribution in [0.25, 0.3) is 10.9 Å². The summed E-state index contributed by atoms with van der Waals surface area (Å²) >= 11 is 0. The molecule has 0 aliphatic carbocycles. The Morgan fingerprint density at radius 1 is 1.23 bits per heavy atom. The molecule has 120 valence electrons. The predicted octanol–water partition coefficient (Wildman–Crippen LogP) is 3.60. The Hall–Kier alpha value is -1.69. The van der Waals surface area contributed by atoms with E-state index < -0.39 is 12.7 Å². The van der Waals surface area contributed by atoms with Gasteiger partial charge in [-0.25, -0.2) is 0 Å². The van der Waals surface area contributed by atoms with E-state index in [0.29, 0.717) is 11.2 Å². The van der Waals surface area contributed by atoms with Gasteiger partial charge in [-0.2, -0.15) is 13.2 Å². The van der Waals surface area contributed by atoms with Crippen molar-refractivity contribution in [3.63, 3.8) is 0 Å². The maximum atomic E-state index is 13.0. The highest BCUT2D eigenvalue weighted by molar-refractivity contribution is 5.92. The molecule has 2 aromatic rings. The quantitative estimate of drug-likeness (QED) is 0.860. The summed E-state index contributed by atoms with van der Waals surface area (Å²) < 4.78 is 40.4. The van der Waals surface area contributed by atoms with Crippen molar-refractivity contribution in [3.8, 4) is 0 Å². The number of anilines is 1. The van der Waals surface area contributed by atoms with E-state index in [1.807, 2.05) is 13.1 Å². The van der Waals surface area contributed by atoms with Gasteiger partial charge < -0.3 is 15.2 Å². The second-order valence-corrected chi connectivity index (χ2v) is 6.13. The molecule has 1 fully saturated rings. The molecule has 0 bridgehead atoms. The lowest BCUT2D eigenvalue weighted by Gasteiger charge is -2.30. The first-order valence-corrected chi connectivity index (χ1v) is 7.48. The third-order valence-electron chi connectivity index (χ3n) is 4.49. The van der Waals surface area contributed by atoms with E-state index in [0.717, 1.165) is 37.0 Å². The van der Waals surface area contributed by atoms with Gasteiger partial charge in [-0.3, -0.25) is 0 Å². The molecule has 3 nitrogen and oxygen atoms in total. The Kier molecular flexibility index (Phi) is 3.80. The molecule has 1 aromatic carbocycles. The normalized spacial score (nSPS) is 18.2. The number of nitrogens with zero attached hydrogens (tertiary/aromatic N) is 2. The van der Waals surface area contributed by atoms with Crippen molar-refractivity contribution in [2.24, 2.45) is 0 Å². The van der Waals surface area contributed by atoms with Crippen LogP contribution in [-0.4, -0.2) is 35.8 Å². The average Bonchev–Trinajstić information content (AvgIpc) is 2.78. The van der Waals surface area contributed by atoms with Crippen LogP contribution in [0.3, 0.4) is 0 Å². The van der Waals surface area contributed by atoms with Crippen LogP contribution in [0.1, 0.15) is 24.5 Å². The molecule has 1 aliphatic heterocycles. The lowest BCUT2D eigenvalue weighted by atomic mass is 9.93. The number of hydrogen-bond donors (Lipinski definition) is 1. The number of rotatable bonds is 2. The van der Waals surface area contributed by atoms with E-state index >= 15 is 0 Å². The van der Waals surface area contributed by atoms with E-state index in [9.17, 15) is 13.2 Å². The van der Waals surface area contributed by atoms with Crippen LogP contribution in [0.15, 0.2) is 24.3 Å². The highest BCUT2D eigenvalue weighted by atomic mass is 19.4. The smallest absolute Gasteiger partial charge is 0.398 e. The molecule has 2 N–H and O–H groups in total. The zero-order valence-electron chi connectivity index (χ0n) is 12.5. The molecule has 3 rings (SSSR count). The Morgan fingerprint density at radius 3 is 2.55 bits per heavy atom. The number of fused-ring (bicyclic) bond motifs is 1. The summed E-state index contributed by atoms with van der Waals surface area (Å²) in [7, 11) is 2.04. The van der Waals surface area contributed by atoms with E-state index in [1.54, 1.807) is 18.2 Å². The number of aromatic nitrogens is 1. The van der Waals surface area contributed by atoms with Crippen molar-refractivity contribution in [2.75, 3.05) is 25.9 Å². The minimum absolute atomic E-state index is 0.158. The predicted molar refractivity (Wildman–Crippen MR) is 81.9 cm³/mol. The number of nitrogen functional groups attached to an aromatic ring is 1. The summed E-state index contributed by atoms with van der Waals surface area (Å²) in [6.45, 7) is 0.864. The molecule has 6 heteroatoms. The van der Waals surface area contributed by atoms with Gasteiger partial charge in [0.2, 0.25) is 0 Å². The molecule has 0 atom stereocenters. The highest BCUT2D eigenvalue weighted by Crippen LogP contribution is 2.35. The summed E-state index contributed by atoms with van der Waals surface area (Å²) in [6, 6.07) is 7.02. The van der Waals surface area contributed by atoms with Crippen molar-refractivity contribution >= 4 is 16.6 Å². The monoisotopic (exact) mass is 311 g/mol. The van der Waals surface area contributed by atoms with Crippen molar-refractivity contribution < 1.29 is 13.2 Å². The van der Waals surface area contributed by atoms with E-state index in [1.165, 1.54) is 4.57 Å². The SMILES string of the molecule is CN1CCC(c2cc3c(N)cccc3n2CC(F)(F)F)CC1. The molecular weight excluding hydrogens is 291 g/mol. The fourth-order valence-electron chi connectivity index (χ4n) is 3.33. The van der Waals surface area contributed by atoms with Crippen molar-refractivity contribution in [2.45, 2.75) is 31.5 Å². The number of hydrogen-bond acceptors (Lipinski definition) is 2. The molecule has 1 aliphatic rings. The molecule has 0 spiro atoms. The molecule has 1 saturated heterocycles. The molecular formula is C16H20F3N3. The maximum absolute atomic E-state index is 13.0. The van der Waals surface area contributed by atoms with Crippen LogP contribution in [0.5, 0.6) is 0 Å². The molecule has 0 unspecified atom stereocenters. The number of likely N-dealkylation sites (tertiary alicyclic amines) is 1. The van der Waals surface area contributed by atoms with Crippen molar-refractivity contribution in [1.29, 1.82) is 0 Å². The lowest BCUT2D eigenvalue weighted by molar-refractivity contribution is -0.140. The molecule has 1 aromatic heterocycles. The standard InChI is InChI=1S/C16H20F3N3/c1-21-7-5-11(6-8-21)15-9-12-13(20)3-2-4-14(12)22(15)10-16(17,18)19/h2-4,9,11H,5-8,10,20H2,1H3. The average molecular weight is 311 g/mol. The lowest BCUT2D eigenvalue weighted by Crippen LogP contribution is -2.30. The second-order valence-electron chi connectivity index (χ2n) is 6.13. The van der Waals surface area contributed by atoms with Crippen LogP contribution in [0.4, 0.5) is 18.9 Å². The molecule has 22 heavy (non-hydrogen) atoms.